The molecular weight excluding hydrogens is 342 g/mol. The fraction of sp³-hybridized carbons (Fsp3) is 0.238. The van der Waals surface area contributed by atoms with Crippen LogP contribution in [0.4, 0.5) is 0 Å². The maximum atomic E-state index is 10.2. The summed E-state index contributed by atoms with van der Waals surface area (Å²) in [7, 11) is 0. The molecule has 6 nitrogen and oxygen atoms in total. The van der Waals surface area contributed by atoms with Crippen LogP contribution in [-0.4, -0.2) is 22.9 Å². The summed E-state index contributed by atoms with van der Waals surface area (Å²) in [5.41, 5.74) is 4.28. The number of nitrogens with one attached hydrogen (secondary N) is 1. The first-order valence-corrected chi connectivity index (χ1v) is 8.77. The third-order valence-electron chi connectivity index (χ3n) is 4.51. The Morgan fingerprint density at radius 1 is 1.19 bits per heavy atom. The molecule has 2 N–H and O–H groups in total. The molecule has 3 aromatic rings. The van der Waals surface area contributed by atoms with Gasteiger partial charge in [0.25, 0.3) is 0 Å². The lowest BCUT2D eigenvalue weighted by Crippen LogP contribution is -2.29. The number of aliphatic hydroxyl groups excluding tert-OH is 1. The predicted molar refractivity (Wildman–Crippen MR) is 99.2 cm³/mol. The zero-order valence-electron chi connectivity index (χ0n) is 14.8. The molecular formula is C21H19N3O3. The van der Waals surface area contributed by atoms with Crippen LogP contribution in [0.2, 0.25) is 0 Å². The quantitative estimate of drug-likeness (QED) is 0.515. The lowest BCUT2D eigenvalue weighted by molar-refractivity contribution is 0.133. The number of aliphatic hydroxyl groups is 1. The van der Waals surface area contributed by atoms with Gasteiger partial charge in [0.05, 0.1) is 18.7 Å². The predicted octanol–water partition coefficient (Wildman–Crippen LogP) is 3.57. The van der Waals surface area contributed by atoms with E-state index in [0.717, 1.165) is 17.7 Å². The molecule has 0 radical (unpaired) electrons. The van der Waals surface area contributed by atoms with Crippen molar-refractivity contribution in [2.75, 3.05) is 6.61 Å². The van der Waals surface area contributed by atoms with E-state index in [0.29, 0.717) is 17.0 Å². The van der Waals surface area contributed by atoms with E-state index in [9.17, 15) is 5.11 Å². The number of benzene rings is 2. The SMILES string of the molecule is CC(C#N)NC(O)c1cccc(-c2cc(-c3ccc(C4CO4)cc3)on2)c1. The van der Waals surface area contributed by atoms with Gasteiger partial charge in [0.2, 0.25) is 0 Å². The molecule has 3 atom stereocenters. The molecule has 3 unspecified atom stereocenters. The van der Waals surface area contributed by atoms with Crippen LogP contribution in [-0.2, 0) is 4.74 Å². The van der Waals surface area contributed by atoms with Crippen LogP contribution in [0.1, 0.15) is 30.4 Å². The second-order valence-electron chi connectivity index (χ2n) is 6.57. The van der Waals surface area contributed by atoms with Crippen LogP contribution in [0.15, 0.2) is 59.1 Å². The molecule has 1 fully saturated rings. The summed E-state index contributed by atoms with van der Waals surface area (Å²) in [6, 6.07) is 18.9. The third kappa shape index (κ3) is 3.91. The Labute approximate surface area is 157 Å². The highest BCUT2D eigenvalue weighted by atomic mass is 16.6. The zero-order valence-corrected chi connectivity index (χ0v) is 14.8. The van der Waals surface area contributed by atoms with E-state index < -0.39 is 12.3 Å². The topological polar surface area (TPSA) is 94.6 Å². The number of nitrogens with zero attached hydrogens (tertiary/aromatic N) is 2. The Morgan fingerprint density at radius 3 is 2.67 bits per heavy atom. The average molecular weight is 361 g/mol. The van der Waals surface area contributed by atoms with Gasteiger partial charge in [-0.2, -0.15) is 5.26 Å². The number of ether oxygens (including phenoxy) is 1. The molecule has 1 aromatic heterocycles. The minimum Gasteiger partial charge on any atom is -0.374 e. The first-order chi connectivity index (χ1) is 13.1. The van der Waals surface area contributed by atoms with Gasteiger partial charge in [-0.1, -0.05) is 47.6 Å². The van der Waals surface area contributed by atoms with Crippen LogP contribution in [0.25, 0.3) is 22.6 Å². The monoisotopic (exact) mass is 361 g/mol. The van der Waals surface area contributed by atoms with Gasteiger partial charge in [-0.3, -0.25) is 5.32 Å². The van der Waals surface area contributed by atoms with Crippen LogP contribution in [0.5, 0.6) is 0 Å². The van der Waals surface area contributed by atoms with Crippen LogP contribution in [0.3, 0.4) is 0 Å². The fourth-order valence-electron chi connectivity index (χ4n) is 2.89. The summed E-state index contributed by atoms with van der Waals surface area (Å²) in [6.07, 6.45) is -0.695. The van der Waals surface area contributed by atoms with Crippen molar-refractivity contribution in [2.45, 2.75) is 25.3 Å². The molecule has 4 rings (SSSR count). The van der Waals surface area contributed by atoms with Crippen molar-refractivity contribution in [2.24, 2.45) is 0 Å². The number of aromatic nitrogens is 1. The largest absolute Gasteiger partial charge is 0.374 e. The second kappa shape index (κ2) is 7.33. The lowest BCUT2D eigenvalue weighted by atomic mass is 10.0. The van der Waals surface area contributed by atoms with Gasteiger partial charge in [0.1, 0.15) is 18.0 Å². The second-order valence-corrected chi connectivity index (χ2v) is 6.57. The van der Waals surface area contributed by atoms with E-state index in [2.05, 4.69) is 10.5 Å². The molecule has 1 saturated heterocycles. The molecule has 0 saturated carbocycles. The van der Waals surface area contributed by atoms with Gasteiger partial charge < -0.3 is 14.4 Å². The first-order valence-electron chi connectivity index (χ1n) is 8.77. The number of nitriles is 1. The fourth-order valence-corrected chi connectivity index (χ4v) is 2.89. The van der Waals surface area contributed by atoms with Crippen LogP contribution in [0, 0.1) is 11.3 Å². The van der Waals surface area contributed by atoms with Gasteiger partial charge in [-0.25, -0.2) is 0 Å². The molecule has 2 heterocycles. The number of hydrogen-bond donors (Lipinski definition) is 2. The molecule has 1 aliphatic heterocycles. The molecule has 0 amide bonds. The molecule has 6 heteroatoms. The Morgan fingerprint density at radius 2 is 1.96 bits per heavy atom. The number of rotatable bonds is 6. The van der Waals surface area contributed by atoms with Crippen LogP contribution >= 0.6 is 0 Å². The zero-order chi connectivity index (χ0) is 18.8. The molecule has 2 aromatic carbocycles. The minimum absolute atomic E-state index is 0.232. The smallest absolute Gasteiger partial charge is 0.167 e. The Hall–Kier alpha value is -2.98. The highest BCUT2D eigenvalue weighted by Gasteiger charge is 2.24. The van der Waals surface area contributed by atoms with E-state index in [1.807, 2.05) is 54.6 Å². The minimum atomic E-state index is -0.928. The molecule has 0 bridgehead atoms. The van der Waals surface area contributed by atoms with Crippen molar-refractivity contribution >= 4 is 0 Å². The van der Waals surface area contributed by atoms with E-state index >= 15 is 0 Å². The summed E-state index contributed by atoms with van der Waals surface area (Å²) < 4.78 is 10.8. The van der Waals surface area contributed by atoms with Crippen LogP contribution < -0.4 is 5.32 Å². The first kappa shape index (κ1) is 17.4. The Kier molecular flexibility index (Phi) is 4.73. The Balaban J connectivity index is 1.54. The standard InChI is InChI=1S/C21H19N3O3/c1-13(11-22)23-21(25)17-4-2-3-16(9-17)18-10-19(27-24-18)14-5-7-15(8-6-14)20-12-26-20/h2-10,13,20-21,23,25H,12H2,1H3. The van der Waals surface area contributed by atoms with Crippen molar-refractivity contribution in [3.05, 3.63) is 65.7 Å². The van der Waals surface area contributed by atoms with E-state index in [4.69, 9.17) is 14.5 Å². The summed E-state index contributed by atoms with van der Waals surface area (Å²) >= 11 is 0. The maximum Gasteiger partial charge on any atom is 0.167 e. The van der Waals surface area contributed by atoms with Crippen molar-refractivity contribution in [1.82, 2.24) is 10.5 Å². The van der Waals surface area contributed by atoms with E-state index in [1.165, 1.54) is 5.56 Å². The number of hydrogen-bond acceptors (Lipinski definition) is 6. The van der Waals surface area contributed by atoms with Crippen molar-refractivity contribution < 1.29 is 14.4 Å². The molecule has 27 heavy (non-hydrogen) atoms. The lowest BCUT2D eigenvalue weighted by Gasteiger charge is -2.15. The average Bonchev–Trinajstić information content (AvgIpc) is 3.44. The van der Waals surface area contributed by atoms with E-state index in [-0.39, 0.29) is 6.10 Å². The van der Waals surface area contributed by atoms with Crippen molar-refractivity contribution in [3.8, 4) is 28.7 Å². The molecule has 0 aliphatic carbocycles. The Bertz CT molecular complexity index is 971. The van der Waals surface area contributed by atoms with Gasteiger partial charge >= 0.3 is 0 Å². The maximum absolute atomic E-state index is 10.2. The number of epoxide rings is 1. The summed E-state index contributed by atoms with van der Waals surface area (Å²) in [5, 5.41) is 26.1. The van der Waals surface area contributed by atoms with Gasteiger partial charge in [0.15, 0.2) is 5.76 Å². The molecule has 136 valence electrons. The van der Waals surface area contributed by atoms with E-state index in [1.54, 1.807) is 13.0 Å². The normalized spacial score (nSPS) is 17.9. The molecule has 0 spiro atoms. The third-order valence-corrected chi connectivity index (χ3v) is 4.51. The summed E-state index contributed by atoms with van der Waals surface area (Å²) in [4.78, 5) is 0. The van der Waals surface area contributed by atoms with Crippen molar-refractivity contribution in [3.63, 3.8) is 0 Å². The van der Waals surface area contributed by atoms with Gasteiger partial charge in [0, 0.05) is 17.2 Å². The summed E-state index contributed by atoms with van der Waals surface area (Å²) in [6.45, 7) is 2.48. The van der Waals surface area contributed by atoms with Gasteiger partial charge in [-0.05, 0) is 24.1 Å². The summed E-state index contributed by atoms with van der Waals surface area (Å²) in [5.74, 6) is 0.676. The highest BCUT2D eigenvalue weighted by Crippen LogP contribution is 2.32. The van der Waals surface area contributed by atoms with Gasteiger partial charge in [-0.15, -0.1) is 0 Å². The highest BCUT2D eigenvalue weighted by molar-refractivity contribution is 5.67. The van der Waals surface area contributed by atoms with Crippen molar-refractivity contribution in [1.29, 1.82) is 5.26 Å². The molecule has 1 aliphatic rings.